The van der Waals surface area contributed by atoms with Crippen LogP contribution in [0.2, 0.25) is 0 Å². The third kappa shape index (κ3) is 8.10. The van der Waals surface area contributed by atoms with Gasteiger partial charge in [0.2, 0.25) is 0 Å². The average Bonchev–Trinajstić information content (AvgIpc) is 2.86. The predicted octanol–water partition coefficient (Wildman–Crippen LogP) is 4.40. The number of amides is 1. The molecule has 1 unspecified atom stereocenters. The van der Waals surface area contributed by atoms with Gasteiger partial charge >= 0.3 is 12.1 Å². The third-order valence-electron chi connectivity index (χ3n) is 5.34. The molecule has 1 aliphatic carbocycles. The first-order valence-corrected chi connectivity index (χ1v) is 11.8. The molecule has 0 saturated carbocycles. The summed E-state index contributed by atoms with van der Waals surface area (Å²) in [5, 5.41) is 2.39. The van der Waals surface area contributed by atoms with E-state index in [2.05, 4.69) is 5.32 Å². The van der Waals surface area contributed by atoms with Crippen LogP contribution in [0.5, 0.6) is 0 Å². The van der Waals surface area contributed by atoms with E-state index in [1.165, 1.54) is 6.08 Å². The standard InChI is InChI=1S/C29H29NO7/c1-29(2,3)37-28(35)30-26(27(34)36-18-25(33)21-12-8-5-9-13-21)22-15-14-19(17-24(22)32)16-23(31)20-10-6-4-7-11-20/h4-15,26H,16-18H2,1-3H3,(H,30,35). The van der Waals surface area contributed by atoms with Crippen LogP contribution >= 0.6 is 0 Å². The van der Waals surface area contributed by atoms with Crippen molar-refractivity contribution in [3.8, 4) is 0 Å². The van der Waals surface area contributed by atoms with Gasteiger partial charge in [-0.2, -0.15) is 0 Å². The second kappa shape index (κ2) is 12.1. The first kappa shape index (κ1) is 27.3. The topological polar surface area (TPSA) is 116 Å². The highest BCUT2D eigenvalue weighted by molar-refractivity contribution is 6.07. The Morgan fingerprint density at radius 2 is 1.43 bits per heavy atom. The Labute approximate surface area is 215 Å². The molecule has 0 spiro atoms. The summed E-state index contributed by atoms with van der Waals surface area (Å²) in [4.78, 5) is 63.3. The van der Waals surface area contributed by atoms with Gasteiger partial charge in [-0.15, -0.1) is 0 Å². The van der Waals surface area contributed by atoms with Crippen molar-refractivity contribution in [2.75, 3.05) is 6.61 Å². The lowest BCUT2D eigenvalue weighted by Crippen LogP contribution is -2.47. The minimum Gasteiger partial charge on any atom is -0.455 e. The first-order valence-electron chi connectivity index (χ1n) is 11.8. The molecule has 8 nitrogen and oxygen atoms in total. The van der Waals surface area contributed by atoms with Crippen molar-refractivity contribution in [2.24, 2.45) is 0 Å². The van der Waals surface area contributed by atoms with Crippen LogP contribution in [0.3, 0.4) is 0 Å². The predicted molar refractivity (Wildman–Crippen MR) is 136 cm³/mol. The summed E-state index contributed by atoms with van der Waals surface area (Å²) in [5.74, 6) is -2.01. The number of rotatable bonds is 9. The molecule has 0 fully saturated rings. The number of ether oxygens (including phenoxy) is 2. The number of allylic oxidation sites excluding steroid dienone is 3. The van der Waals surface area contributed by atoms with Gasteiger partial charge in [-0.05, 0) is 20.8 Å². The van der Waals surface area contributed by atoms with Crippen molar-refractivity contribution >= 4 is 29.4 Å². The van der Waals surface area contributed by atoms with Gasteiger partial charge in [-0.25, -0.2) is 9.59 Å². The van der Waals surface area contributed by atoms with Gasteiger partial charge in [0.1, 0.15) is 5.60 Å². The summed E-state index contributed by atoms with van der Waals surface area (Å²) >= 11 is 0. The molecule has 0 aliphatic heterocycles. The molecule has 2 aromatic rings. The monoisotopic (exact) mass is 503 g/mol. The number of carbonyl (C=O) groups excluding carboxylic acids is 5. The minimum absolute atomic E-state index is 0.0288. The number of carbonyl (C=O) groups is 5. The number of alkyl carbamates (subject to hydrolysis) is 1. The smallest absolute Gasteiger partial charge is 0.408 e. The summed E-state index contributed by atoms with van der Waals surface area (Å²) in [6, 6.07) is 15.5. The number of nitrogens with one attached hydrogen (secondary N) is 1. The molecule has 1 N–H and O–H groups in total. The Morgan fingerprint density at radius 1 is 0.865 bits per heavy atom. The summed E-state index contributed by atoms with van der Waals surface area (Å²) in [6.07, 6.45) is 1.99. The lowest BCUT2D eigenvalue weighted by atomic mass is 9.89. The number of ketones is 3. The fourth-order valence-electron chi connectivity index (χ4n) is 3.60. The van der Waals surface area contributed by atoms with Gasteiger partial charge in [-0.1, -0.05) is 78.4 Å². The van der Waals surface area contributed by atoms with E-state index in [0.717, 1.165) is 0 Å². The maximum Gasteiger partial charge on any atom is 0.408 e. The Hall–Kier alpha value is -4.33. The molecule has 1 amide bonds. The first-order chi connectivity index (χ1) is 17.5. The Bertz CT molecular complexity index is 1240. The van der Waals surface area contributed by atoms with Crippen LogP contribution in [-0.4, -0.2) is 47.7 Å². The highest BCUT2D eigenvalue weighted by atomic mass is 16.6. The van der Waals surface area contributed by atoms with Gasteiger partial charge in [0.25, 0.3) is 0 Å². The van der Waals surface area contributed by atoms with E-state index in [-0.39, 0.29) is 24.2 Å². The Morgan fingerprint density at radius 3 is 1.97 bits per heavy atom. The van der Waals surface area contributed by atoms with Crippen LogP contribution in [-0.2, 0) is 19.1 Å². The molecule has 8 heteroatoms. The molecule has 1 aliphatic rings. The zero-order chi connectivity index (χ0) is 27.0. The van der Waals surface area contributed by atoms with E-state index >= 15 is 0 Å². The summed E-state index contributed by atoms with van der Waals surface area (Å²) in [5.41, 5.74) is 0.583. The molecule has 3 rings (SSSR count). The number of hydrogen-bond acceptors (Lipinski definition) is 7. The van der Waals surface area contributed by atoms with E-state index in [4.69, 9.17) is 9.47 Å². The van der Waals surface area contributed by atoms with Crippen molar-refractivity contribution < 1.29 is 33.4 Å². The molecule has 0 aromatic heterocycles. The summed E-state index contributed by atoms with van der Waals surface area (Å²) in [6.45, 7) is 4.40. The minimum atomic E-state index is -1.49. The van der Waals surface area contributed by atoms with Crippen LogP contribution < -0.4 is 5.32 Å². The van der Waals surface area contributed by atoms with Crippen LogP contribution in [0, 0.1) is 0 Å². The molecule has 192 valence electrons. The quantitative estimate of drug-likeness (QED) is 0.398. The highest BCUT2D eigenvalue weighted by Gasteiger charge is 2.34. The molecule has 2 aromatic carbocycles. The van der Waals surface area contributed by atoms with Crippen molar-refractivity contribution in [1.29, 1.82) is 0 Å². The lowest BCUT2D eigenvalue weighted by molar-refractivity contribution is -0.144. The largest absolute Gasteiger partial charge is 0.455 e. The molecule has 0 heterocycles. The zero-order valence-electron chi connectivity index (χ0n) is 21.0. The van der Waals surface area contributed by atoms with E-state index in [1.54, 1.807) is 87.5 Å². The molecular weight excluding hydrogens is 474 g/mol. The zero-order valence-corrected chi connectivity index (χ0v) is 21.0. The molecule has 0 radical (unpaired) electrons. The SMILES string of the molecule is CC(C)(C)OC(=O)NC(C(=O)OCC(=O)c1ccccc1)C1=CC=C(CC(=O)c2ccccc2)CC1=O. The molecular formula is C29H29NO7. The number of Topliss-reactive ketones (excluding diaryl/α,β-unsaturated/α-hetero) is 3. The molecule has 1 atom stereocenters. The fourth-order valence-corrected chi connectivity index (χ4v) is 3.60. The van der Waals surface area contributed by atoms with Crippen LogP contribution in [0.1, 0.15) is 54.3 Å². The maximum absolute atomic E-state index is 13.0. The Balaban J connectivity index is 1.77. The van der Waals surface area contributed by atoms with Crippen molar-refractivity contribution in [3.63, 3.8) is 0 Å². The second-order valence-electron chi connectivity index (χ2n) is 9.49. The average molecular weight is 504 g/mol. The van der Waals surface area contributed by atoms with Crippen LogP contribution in [0.4, 0.5) is 4.79 Å². The second-order valence-corrected chi connectivity index (χ2v) is 9.49. The van der Waals surface area contributed by atoms with Crippen LogP contribution in [0.15, 0.2) is 84.0 Å². The molecule has 0 bridgehead atoms. The van der Waals surface area contributed by atoms with E-state index < -0.39 is 41.9 Å². The number of benzene rings is 2. The normalized spacial score (nSPS) is 14.1. The number of hydrogen-bond donors (Lipinski definition) is 1. The van der Waals surface area contributed by atoms with E-state index in [1.807, 2.05) is 0 Å². The van der Waals surface area contributed by atoms with E-state index in [9.17, 15) is 24.0 Å². The van der Waals surface area contributed by atoms with E-state index in [0.29, 0.717) is 16.7 Å². The van der Waals surface area contributed by atoms with Crippen molar-refractivity contribution in [2.45, 2.75) is 45.3 Å². The van der Waals surface area contributed by atoms with Crippen molar-refractivity contribution in [1.82, 2.24) is 5.32 Å². The summed E-state index contributed by atoms with van der Waals surface area (Å²) < 4.78 is 10.4. The van der Waals surface area contributed by atoms with Gasteiger partial charge in [0, 0.05) is 29.5 Å². The highest BCUT2D eigenvalue weighted by Crippen LogP contribution is 2.23. The van der Waals surface area contributed by atoms with Gasteiger partial charge in [-0.3, -0.25) is 14.4 Å². The van der Waals surface area contributed by atoms with Crippen LogP contribution in [0.25, 0.3) is 0 Å². The number of esters is 1. The lowest BCUT2D eigenvalue weighted by Gasteiger charge is -2.25. The molecule has 37 heavy (non-hydrogen) atoms. The van der Waals surface area contributed by atoms with Crippen molar-refractivity contribution in [3.05, 3.63) is 95.1 Å². The fraction of sp³-hybridized carbons (Fsp3) is 0.276. The summed E-state index contributed by atoms with van der Waals surface area (Å²) in [7, 11) is 0. The molecule has 0 saturated heterocycles. The Kier molecular flexibility index (Phi) is 8.90. The maximum atomic E-state index is 13.0. The third-order valence-corrected chi connectivity index (χ3v) is 5.34. The van der Waals surface area contributed by atoms with Gasteiger partial charge < -0.3 is 14.8 Å². The van der Waals surface area contributed by atoms with Gasteiger partial charge in [0.05, 0.1) is 0 Å². The van der Waals surface area contributed by atoms with Gasteiger partial charge in [0.15, 0.2) is 30.0 Å².